The van der Waals surface area contributed by atoms with Crippen LogP contribution in [0.2, 0.25) is 0 Å². The minimum Gasteiger partial charge on any atom is -0.381 e. The highest BCUT2D eigenvalue weighted by Gasteiger charge is 2.17. The Bertz CT molecular complexity index is 573. The van der Waals surface area contributed by atoms with Crippen molar-refractivity contribution in [1.29, 1.82) is 0 Å². The van der Waals surface area contributed by atoms with Crippen LogP contribution in [-0.4, -0.2) is 24.8 Å². The standard InChI is InChI=1S/C14H10O2.C8H18O/c15-13(11-7-3-1-4-8-11)14(16)12-9-5-2-6-10-12;1-7(2)5-9-6-8(3)4/h1-10H;7-8H,5-6H2,1-4H3. The minimum absolute atomic E-state index is 0.427. The molecule has 0 fully saturated rings. The number of Topliss-reactive ketones (excluding diaryl/α,β-unsaturated/α-hetero) is 2. The molecule has 25 heavy (non-hydrogen) atoms. The first kappa shape index (κ1) is 20.8. The fraction of sp³-hybridized carbons (Fsp3) is 0.364. The first-order chi connectivity index (χ1) is 11.9. The number of hydrogen-bond donors (Lipinski definition) is 0. The molecule has 0 unspecified atom stereocenters. The van der Waals surface area contributed by atoms with Gasteiger partial charge in [-0.3, -0.25) is 9.59 Å². The third-order valence-corrected chi connectivity index (χ3v) is 3.18. The van der Waals surface area contributed by atoms with Crippen molar-refractivity contribution in [2.75, 3.05) is 13.2 Å². The maximum Gasteiger partial charge on any atom is 0.233 e. The molecule has 0 amide bonds. The van der Waals surface area contributed by atoms with Crippen LogP contribution in [-0.2, 0) is 4.74 Å². The summed E-state index contributed by atoms with van der Waals surface area (Å²) in [5, 5.41) is 0. The van der Waals surface area contributed by atoms with Crippen molar-refractivity contribution in [2.45, 2.75) is 27.7 Å². The maximum absolute atomic E-state index is 11.8. The molecule has 0 bridgehead atoms. The average Bonchev–Trinajstić information content (AvgIpc) is 2.62. The Morgan fingerprint density at radius 2 is 1.00 bits per heavy atom. The molecule has 0 aromatic heterocycles. The van der Waals surface area contributed by atoms with Crippen molar-refractivity contribution in [3.8, 4) is 0 Å². The van der Waals surface area contributed by atoms with E-state index < -0.39 is 11.6 Å². The van der Waals surface area contributed by atoms with E-state index in [1.54, 1.807) is 48.5 Å². The summed E-state index contributed by atoms with van der Waals surface area (Å²) < 4.78 is 5.36. The molecule has 3 nitrogen and oxygen atoms in total. The zero-order valence-corrected chi connectivity index (χ0v) is 15.6. The van der Waals surface area contributed by atoms with Gasteiger partial charge in [-0.1, -0.05) is 88.4 Å². The van der Waals surface area contributed by atoms with Crippen LogP contribution in [0.5, 0.6) is 0 Å². The van der Waals surface area contributed by atoms with Gasteiger partial charge in [-0.2, -0.15) is 0 Å². The van der Waals surface area contributed by atoms with Crippen LogP contribution in [0.4, 0.5) is 0 Å². The lowest BCUT2D eigenvalue weighted by Gasteiger charge is -2.07. The van der Waals surface area contributed by atoms with Crippen molar-refractivity contribution < 1.29 is 14.3 Å². The van der Waals surface area contributed by atoms with E-state index in [2.05, 4.69) is 27.7 Å². The van der Waals surface area contributed by atoms with E-state index in [1.807, 2.05) is 12.1 Å². The van der Waals surface area contributed by atoms with Gasteiger partial charge in [0.1, 0.15) is 0 Å². The van der Waals surface area contributed by atoms with Crippen molar-refractivity contribution in [2.24, 2.45) is 11.8 Å². The Balaban J connectivity index is 0.000000299. The first-order valence-corrected chi connectivity index (χ1v) is 8.68. The lowest BCUT2D eigenvalue weighted by atomic mass is 10.0. The molecule has 2 aromatic carbocycles. The highest BCUT2D eigenvalue weighted by atomic mass is 16.5. The van der Waals surface area contributed by atoms with Gasteiger partial charge in [0.15, 0.2) is 0 Å². The van der Waals surface area contributed by atoms with Crippen molar-refractivity contribution in [1.82, 2.24) is 0 Å². The molecule has 2 rings (SSSR count). The molecule has 0 aliphatic heterocycles. The molecular formula is C22H28O3. The lowest BCUT2D eigenvalue weighted by Crippen LogP contribution is -2.14. The van der Waals surface area contributed by atoms with E-state index in [0.717, 1.165) is 13.2 Å². The summed E-state index contributed by atoms with van der Waals surface area (Å²) in [6.07, 6.45) is 0. The van der Waals surface area contributed by atoms with Crippen LogP contribution in [0.3, 0.4) is 0 Å². The third kappa shape index (κ3) is 8.41. The van der Waals surface area contributed by atoms with Gasteiger partial charge >= 0.3 is 0 Å². The third-order valence-electron chi connectivity index (χ3n) is 3.18. The highest BCUT2D eigenvalue weighted by molar-refractivity contribution is 6.49. The predicted octanol–water partition coefficient (Wildman–Crippen LogP) is 5.07. The van der Waals surface area contributed by atoms with Crippen LogP contribution in [0, 0.1) is 11.8 Å². The molecule has 0 aliphatic carbocycles. The molecule has 2 aromatic rings. The normalized spacial score (nSPS) is 10.3. The second-order valence-electron chi connectivity index (χ2n) is 6.72. The molecule has 0 aliphatic rings. The minimum atomic E-state index is -0.466. The van der Waals surface area contributed by atoms with Crippen LogP contribution >= 0.6 is 0 Å². The van der Waals surface area contributed by atoms with E-state index in [1.165, 1.54) is 0 Å². The summed E-state index contributed by atoms with van der Waals surface area (Å²) in [6, 6.07) is 17.2. The molecule has 3 heteroatoms. The lowest BCUT2D eigenvalue weighted by molar-refractivity contribution is 0.0817. The number of rotatable bonds is 7. The van der Waals surface area contributed by atoms with E-state index in [0.29, 0.717) is 23.0 Å². The van der Waals surface area contributed by atoms with E-state index in [9.17, 15) is 9.59 Å². The largest absolute Gasteiger partial charge is 0.381 e. The molecule has 0 saturated heterocycles. The van der Waals surface area contributed by atoms with E-state index >= 15 is 0 Å². The van der Waals surface area contributed by atoms with Crippen LogP contribution in [0.25, 0.3) is 0 Å². The SMILES string of the molecule is CC(C)COCC(C)C.O=C(C(=O)c1ccccc1)c1ccccc1. The number of carbonyl (C=O) groups is 2. The highest BCUT2D eigenvalue weighted by Crippen LogP contribution is 2.07. The van der Waals surface area contributed by atoms with Crippen molar-refractivity contribution in [3.63, 3.8) is 0 Å². The Labute approximate surface area is 151 Å². The summed E-state index contributed by atoms with van der Waals surface area (Å²) >= 11 is 0. The molecular weight excluding hydrogens is 312 g/mol. The fourth-order valence-corrected chi connectivity index (χ4v) is 1.98. The Hall–Kier alpha value is -2.26. The molecule has 134 valence electrons. The Morgan fingerprint density at radius 3 is 1.28 bits per heavy atom. The molecule has 0 N–H and O–H groups in total. The van der Waals surface area contributed by atoms with Gasteiger partial charge in [0, 0.05) is 24.3 Å². The quantitative estimate of drug-likeness (QED) is 0.522. The van der Waals surface area contributed by atoms with Crippen LogP contribution in [0.1, 0.15) is 48.4 Å². The Morgan fingerprint density at radius 1 is 0.680 bits per heavy atom. The van der Waals surface area contributed by atoms with Gasteiger partial charge in [0.05, 0.1) is 0 Å². The molecule has 0 radical (unpaired) electrons. The van der Waals surface area contributed by atoms with E-state index in [4.69, 9.17) is 4.74 Å². The smallest absolute Gasteiger partial charge is 0.233 e. The van der Waals surface area contributed by atoms with E-state index in [-0.39, 0.29) is 0 Å². The monoisotopic (exact) mass is 340 g/mol. The molecule has 0 atom stereocenters. The van der Waals surface area contributed by atoms with Crippen LogP contribution in [0.15, 0.2) is 60.7 Å². The second kappa shape index (κ2) is 11.3. The fourth-order valence-electron chi connectivity index (χ4n) is 1.98. The van der Waals surface area contributed by atoms with Gasteiger partial charge in [-0.25, -0.2) is 0 Å². The maximum atomic E-state index is 11.8. The average molecular weight is 340 g/mol. The van der Waals surface area contributed by atoms with Gasteiger partial charge in [-0.05, 0) is 11.8 Å². The van der Waals surface area contributed by atoms with Crippen molar-refractivity contribution >= 4 is 11.6 Å². The zero-order valence-electron chi connectivity index (χ0n) is 15.6. The van der Waals surface area contributed by atoms with Crippen molar-refractivity contribution in [3.05, 3.63) is 71.8 Å². The molecule has 0 spiro atoms. The van der Waals surface area contributed by atoms with Crippen LogP contribution < -0.4 is 0 Å². The summed E-state index contributed by atoms with van der Waals surface area (Å²) in [7, 11) is 0. The summed E-state index contributed by atoms with van der Waals surface area (Å²) in [5.74, 6) is 0.408. The number of benzene rings is 2. The second-order valence-corrected chi connectivity index (χ2v) is 6.72. The number of carbonyl (C=O) groups excluding carboxylic acids is 2. The topological polar surface area (TPSA) is 43.4 Å². The van der Waals surface area contributed by atoms with Gasteiger partial charge in [-0.15, -0.1) is 0 Å². The Kier molecular flexibility index (Phi) is 9.41. The first-order valence-electron chi connectivity index (χ1n) is 8.68. The summed E-state index contributed by atoms with van der Waals surface area (Å²) in [4.78, 5) is 23.6. The van der Waals surface area contributed by atoms with Gasteiger partial charge in [0.25, 0.3) is 0 Å². The van der Waals surface area contributed by atoms with Gasteiger partial charge < -0.3 is 4.74 Å². The predicted molar refractivity (Wildman–Crippen MR) is 102 cm³/mol. The molecule has 0 heterocycles. The molecule has 0 saturated carbocycles. The number of ether oxygens (including phenoxy) is 1. The summed E-state index contributed by atoms with van der Waals surface area (Å²) in [5.41, 5.74) is 0.854. The zero-order chi connectivity index (χ0) is 18.7. The number of ketones is 2. The van der Waals surface area contributed by atoms with Gasteiger partial charge in [0.2, 0.25) is 11.6 Å². The summed E-state index contributed by atoms with van der Waals surface area (Å²) in [6.45, 7) is 10.5. The number of hydrogen-bond acceptors (Lipinski definition) is 3.